The molecular weight excluding hydrogens is 358 g/mol. The normalized spacial score (nSPS) is 17.7. The van der Waals surface area contributed by atoms with Crippen molar-refractivity contribution in [3.63, 3.8) is 0 Å². The molecule has 1 aliphatic rings. The highest BCUT2D eigenvalue weighted by molar-refractivity contribution is 7.13. The van der Waals surface area contributed by atoms with Crippen molar-refractivity contribution in [3.05, 3.63) is 71.0 Å². The standard InChI is InChI=1S/C20H21N5OS/c21-19(26)14-3-5-15(6-4-14)20-24-17(13-27-20)12-25-9-8-23-11-18(25)16-2-1-7-22-10-16/h1-7,10,13,18,23H,8-9,11-12H2,(H2,21,26). The van der Waals surface area contributed by atoms with Crippen LogP contribution in [0.2, 0.25) is 0 Å². The molecule has 1 amide bonds. The third-order valence-electron chi connectivity index (χ3n) is 4.76. The Morgan fingerprint density at radius 1 is 1.30 bits per heavy atom. The lowest BCUT2D eigenvalue weighted by molar-refractivity contribution is 0.100. The third kappa shape index (κ3) is 4.05. The average Bonchev–Trinajstić information content (AvgIpc) is 3.18. The number of nitrogens with one attached hydrogen (secondary N) is 1. The van der Waals surface area contributed by atoms with Gasteiger partial charge in [-0.2, -0.15) is 0 Å². The highest BCUT2D eigenvalue weighted by atomic mass is 32.1. The predicted octanol–water partition coefficient (Wildman–Crippen LogP) is 2.45. The summed E-state index contributed by atoms with van der Waals surface area (Å²) in [4.78, 5) is 22.7. The monoisotopic (exact) mass is 379 g/mol. The van der Waals surface area contributed by atoms with Gasteiger partial charge in [0.1, 0.15) is 5.01 Å². The summed E-state index contributed by atoms with van der Waals surface area (Å²) in [7, 11) is 0. The Morgan fingerprint density at radius 3 is 2.89 bits per heavy atom. The van der Waals surface area contributed by atoms with E-state index in [1.807, 2.05) is 24.4 Å². The van der Waals surface area contributed by atoms with Gasteiger partial charge in [-0.3, -0.25) is 14.7 Å². The Bertz CT molecular complexity index is 910. The van der Waals surface area contributed by atoms with Gasteiger partial charge in [-0.1, -0.05) is 18.2 Å². The Balaban J connectivity index is 1.50. The van der Waals surface area contributed by atoms with Crippen LogP contribution < -0.4 is 11.1 Å². The number of thiazole rings is 1. The minimum Gasteiger partial charge on any atom is -0.366 e. The Hall–Kier alpha value is -2.61. The second kappa shape index (κ2) is 7.96. The van der Waals surface area contributed by atoms with E-state index in [4.69, 9.17) is 10.7 Å². The zero-order valence-corrected chi connectivity index (χ0v) is 15.7. The lowest BCUT2D eigenvalue weighted by Gasteiger charge is -2.35. The number of pyridine rings is 1. The van der Waals surface area contributed by atoms with Gasteiger partial charge in [-0.05, 0) is 23.8 Å². The first kappa shape index (κ1) is 17.8. The summed E-state index contributed by atoms with van der Waals surface area (Å²) >= 11 is 1.62. The largest absolute Gasteiger partial charge is 0.366 e. The van der Waals surface area contributed by atoms with Crippen molar-refractivity contribution >= 4 is 17.2 Å². The van der Waals surface area contributed by atoms with E-state index in [2.05, 4.69) is 26.6 Å². The van der Waals surface area contributed by atoms with E-state index in [0.29, 0.717) is 11.6 Å². The van der Waals surface area contributed by atoms with Crippen molar-refractivity contribution in [2.24, 2.45) is 5.73 Å². The summed E-state index contributed by atoms with van der Waals surface area (Å²) in [6.07, 6.45) is 3.75. The number of primary amides is 1. The molecule has 2 aromatic heterocycles. The molecular formula is C20H21N5OS. The van der Waals surface area contributed by atoms with Crippen LogP contribution in [-0.2, 0) is 6.54 Å². The second-order valence-corrected chi connectivity index (χ2v) is 7.42. The van der Waals surface area contributed by atoms with Gasteiger partial charge in [-0.15, -0.1) is 11.3 Å². The molecule has 6 nitrogen and oxygen atoms in total. The minimum atomic E-state index is -0.415. The number of aromatic nitrogens is 2. The van der Waals surface area contributed by atoms with E-state index < -0.39 is 5.91 Å². The van der Waals surface area contributed by atoms with Crippen molar-refractivity contribution in [2.75, 3.05) is 19.6 Å². The van der Waals surface area contributed by atoms with Gasteiger partial charge in [0, 0.05) is 61.1 Å². The lowest BCUT2D eigenvalue weighted by Crippen LogP contribution is -2.45. The van der Waals surface area contributed by atoms with Crippen LogP contribution in [0.5, 0.6) is 0 Å². The number of nitrogens with two attached hydrogens (primary N) is 1. The smallest absolute Gasteiger partial charge is 0.248 e. The van der Waals surface area contributed by atoms with E-state index in [-0.39, 0.29) is 0 Å². The van der Waals surface area contributed by atoms with E-state index in [1.165, 1.54) is 5.56 Å². The fourth-order valence-corrected chi connectivity index (χ4v) is 4.15. The Morgan fingerprint density at radius 2 is 2.15 bits per heavy atom. The molecule has 7 heteroatoms. The van der Waals surface area contributed by atoms with Crippen molar-refractivity contribution in [2.45, 2.75) is 12.6 Å². The highest BCUT2D eigenvalue weighted by Gasteiger charge is 2.24. The zero-order valence-electron chi connectivity index (χ0n) is 14.8. The number of piperazine rings is 1. The van der Waals surface area contributed by atoms with Crippen LogP contribution in [0.15, 0.2) is 54.2 Å². The molecule has 1 atom stereocenters. The van der Waals surface area contributed by atoms with E-state index in [9.17, 15) is 4.79 Å². The molecule has 0 aliphatic carbocycles. The van der Waals surface area contributed by atoms with Gasteiger partial charge in [0.15, 0.2) is 0 Å². The number of hydrogen-bond donors (Lipinski definition) is 2. The van der Waals surface area contributed by atoms with Gasteiger partial charge in [0.2, 0.25) is 5.91 Å². The molecule has 4 rings (SSSR count). The molecule has 0 bridgehead atoms. The summed E-state index contributed by atoms with van der Waals surface area (Å²) < 4.78 is 0. The summed E-state index contributed by atoms with van der Waals surface area (Å²) in [5, 5.41) is 6.53. The maximum absolute atomic E-state index is 11.2. The second-order valence-electron chi connectivity index (χ2n) is 6.56. The van der Waals surface area contributed by atoms with Gasteiger partial charge in [0.25, 0.3) is 0 Å². The van der Waals surface area contributed by atoms with Crippen molar-refractivity contribution in [1.82, 2.24) is 20.2 Å². The quantitative estimate of drug-likeness (QED) is 0.711. The molecule has 1 aliphatic heterocycles. The molecule has 3 heterocycles. The van der Waals surface area contributed by atoms with Gasteiger partial charge in [0.05, 0.1) is 5.69 Å². The first-order chi connectivity index (χ1) is 13.2. The van der Waals surface area contributed by atoms with Gasteiger partial charge >= 0.3 is 0 Å². The molecule has 3 N–H and O–H groups in total. The van der Waals surface area contributed by atoms with E-state index >= 15 is 0 Å². The molecule has 0 saturated carbocycles. The van der Waals surface area contributed by atoms with Gasteiger partial charge < -0.3 is 11.1 Å². The SMILES string of the molecule is NC(=O)c1ccc(-c2nc(CN3CCNCC3c3cccnc3)cs2)cc1. The van der Waals surface area contributed by atoms with Crippen LogP contribution in [0.4, 0.5) is 0 Å². The first-order valence-electron chi connectivity index (χ1n) is 8.90. The molecule has 27 heavy (non-hydrogen) atoms. The number of nitrogens with zero attached hydrogens (tertiary/aromatic N) is 3. The van der Waals surface area contributed by atoms with Gasteiger partial charge in [-0.25, -0.2) is 4.98 Å². The number of carbonyl (C=O) groups is 1. The van der Waals surface area contributed by atoms with Crippen LogP contribution in [-0.4, -0.2) is 40.4 Å². The number of amides is 1. The maximum Gasteiger partial charge on any atom is 0.248 e. The molecule has 1 unspecified atom stereocenters. The van der Waals surface area contributed by atoms with Crippen molar-refractivity contribution in [3.8, 4) is 10.6 Å². The molecule has 138 valence electrons. The average molecular weight is 379 g/mol. The van der Waals surface area contributed by atoms with Crippen LogP contribution in [0, 0.1) is 0 Å². The fourth-order valence-electron chi connectivity index (χ4n) is 3.33. The van der Waals surface area contributed by atoms with Crippen LogP contribution in [0.3, 0.4) is 0 Å². The maximum atomic E-state index is 11.2. The molecule has 1 fully saturated rings. The van der Waals surface area contributed by atoms with Crippen LogP contribution in [0.1, 0.15) is 27.7 Å². The van der Waals surface area contributed by atoms with Crippen LogP contribution in [0.25, 0.3) is 10.6 Å². The molecule has 1 aromatic carbocycles. The molecule has 1 saturated heterocycles. The van der Waals surface area contributed by atoms with Crippen molar-refractivity contribution in [1.29, 1.82) is 0 Å². The number of benzene rings is 1. The molecule has 3 aromatic rings. The number of rotatable bonds is 5. The first-order valence-corrected chi connectivity index (χ1v) is 9.78. The fraction of sp³-hybridized carbons (Fsp3) is 0.250. The van der Waals surface area contributed by atoms with Crippen LogP contribution >= 0.6 is 11.3 Å². The highest BCUT2D eigenvalue weighted by Crippen LogP contribution is 2.27. The molecule has 0 spiro atoms. The Kier molecular flexibility index (Phi) is 5.24. The lowest BCUT2D eigenvalue weighted by atomic mass is 10.1. The van der Waals surface area contributed by atoms with E-state index in [1.54, 1.807) is 29.7 Å². The summed E-state index contributed by atoms with van der Waals surface area (Å²) in [5.74, 6) is -0.415. The Labute approximate surface area is 162 Å². The summed E-state index contributed by atoms with van der Waals surface area (Å²) in [5.41, 5.74) is 9.10. The topological polar surface area (TPSA) is 84.1 Å². The zero-order chi connectivity index (χ0) is 18.6. The third-order valence-corrected chi connectivity index (χ3v) is 5.70. The number of carbonyl (C=O) groups excluding carboxylic acids is 1. The van der Waals surface area contributed by atoms with Crippen molar-refractivity contribution < 1.29 is 4.79 Å². The number of hydrogen-bond acceptors (Lipinski definition) is 6. The predicted molar refractivity (Wildman–Crippen MR) is 106 cm³/mol. The summed E-state index contributed by atoms with van der Waals surface area (Å²) in [6.45, 7) is 3.66. The minimum absolute atomic E-state index is 0.299. The molecule has 0 radical (unpaired) electrons. The summed E-state index contributed by atoms with van der Waals surface area (Å²) in [6, 6.07) is 11.7. The van der Waals surface area contributed by atoms with E-state index in [0.717, 1.165) is 42.4 Å².